The number of aromatic nitrogens is 1. The van der Waals surface area contributed by atoms with Crippen molar-refractivity contribution in [2.24, 2.45) is 0 Å². The number of piperidine rings is 1. The number of nitrogens with zero attached hydrogens (tertiary/aromatic N) is 3. The summed E-state index contributed by atoms with van der Waals surface area (Å²) in [5.74, 6) is -0.275. The average molecular weight is 801 g/mol. The van der Waals surface area contributed by atoms with E-state index in [1.54, 1.807) is 24.4 Å². The summed E-state index contributed by atoms with van der Waals surface area (Å²) in [5.41, 5.74) is 3.58. The summed E-state index contributed by atoms with van der Waals surface area (Å²) < 4.78 is 23.5. The Hall–Kier alpha value is -5.23. The van der Waals surface area contributed by atoms with Gasteiger partial charge in [-0.2, -0.15) is 5.26 Å². The zero-order chi connectivity index (χ0) is 41.2. The number of pyridine rings is 1. The Morgan fingerprint density at radius 2 is 1.67 bits per heavy atom. The van der Waals surface area contributed by atoms with Crippen LogP contribution in [0.5, 0.6) is 17.2 Å². The molecule has 3 aromatic carbocycles. The number of halogens is 1. The number of aliphatic hydroxyl groups excluding tert-OH is 1. The molecule has 0 saturated carbocycles. The third-order valence-corrected chi connectivity index (χ3v) is 10.7. The second-order valence-electron chi connectivity index (χ2n) is 14.4. The number of likely N-dealkylation sites (tertiary alicyclic amines) is 1. The molecule has 0 bridgehead atoms. The Morgan fingerprint density at radius 1 is 0.965 bits per heavy atom. The monoisotopic (exact) mass is 800 g/mol. The maximum absolute atomic E-state index is 11.9. The molecule has 1 saturated heterocycles. The van der Waals surface area contributed by atoms with E-state index in [0.717, 1.165) is 46.5 Å². The number of carbonyl (C=O) groups excluding carboxylic acids is 1. The molecule has 1 aromatic heterocycles. The van der Waals surface area contributed by atoms with Crippen LogP contribution in [-0.2, 0) is 34.1 Å². The lowest BCUT2D eigenvalue weighted by Crippen LogP contribution is -2.52. The van der Waals surface area contributed by atoms with Crippen LogP contribution < -0.4 is 19.5 Å². The Morgan fingerprint density at radius 3 is 2.35 bits per heavy atom. The number of aliphatic hydroxyl groups is 2. The number of nitriles is 1. The molecule has 0 amide bonds. The number of hydrogen-bond donors (Lipinski definition) is 4. The van der Waals surface area contributed by atoms with Crippen molar-refractivity contribution in [2.45, 2.75) is 70.9 Å². The highest BCUT2D eigenvalue weighted by Gasteiger charge is 2.40. The highest BCUT2D eigenvalue weighted by atomic mass is 35.5. The Bertz CT molecular complexity index is 2100. The van der Waals surface area contributed by atoms with Gasteiger partial charge in [-0.1, -0.05) is 41.9 Å². The minimum Gasteiger partial charge on any atom is -0.493 e. The lowest BCUT2D eigenvalue weighted by Gasteiger charge is -2.36. The van der Waals surface area contributed by atoms with Gasteiger partial charge in [-0.3, -0.25) is 15.1 Å². The van der Waals surface area contributed by atoms with Crippen LogP contribution in [0.3, 0.4) is 0 Å². The number of benzene rings is 3. The van der Waals surface area contributed by atoms with Crippen molar-refractivity contribution >= 4 is 23.5 Å². The first-order chi connectivity index (χ1) is 27.3. The van der Waals surface area contributed by atoms with Gasteiger partial charge in [0.25, 0.3) is 0 Å². The van der Waals surface area contributed by atoms with Gasteiger partial charge in [0.2, 0.25) is 0 Å². The third-order valence-electron chi connectivity index (χ3n) is 10.4. The van der Waals surface area contributed by atoms with Gasteiger partial charge >= 0.3 is 11.9 Å². The number of methoxy groups -OCH3 is 1. The van der Waals surface area contributed by atoms with Crippen LogP contribution in [0, 0.1) is 25.2 Å². The molecule has 2 heterocycles. The highest BCUT2D eigenvalue weighted by Crippen LogP contribution is 2.37. The zero-order valence-electron chi connectivity index (χ0n) is 32.6. The zero-order valence-corrected chi connectivity index (χ0v) is 33.4. The van der Waals surface area contributed by atoms with Crippen LogP contribution in [0.4, 0.5) is 0 Å². The number of carbonyl (C=O) groups is 2. The summed E-state index contributed by atoms with van der Waals surface area (Å²) in [6, 6.07) is 19.0. The summed E-state index contributed by atoms with van der Waals surface area (Å²) in [6.45, 7) is 7.61. The van der Waals surface area contributed by atoms with E-state index < -0.39 is 29.7 Å². The molecule has 1 aliphatic heterocycles. The molecule has 0 aliphatic carbocycles. The number of nitrogens with one attached hydrogen (secondary N) is 1. The number of aliphatic carboxylic acids is 1. The van der Waals surface area contributed by atoms with E-state index in [1.165, 1.54) is 20.2 Å². The molecule has 13 nitrogen and oxygen atoms in total. The molecule has 1 atom stereocenters. The van der Waals surface area contributed by atoms with Crippen LogP contribution in [0.25, 0.3) is 11.1 Å². The summed E-state index contributed by atoms with van der Waals surface area (Å²) in [4.78, 5) is 30.1. The van der Waals surface area contributed by atoms with Crippen molar-refractivity contribution in [3.05, 3.63) is 105 Å². The molecule has 57 heavy (non-hydrogen) atoms. The molecule has 0 spiro atoms. The predicted octanol–water partition coefficient (Wildman–Crippen LogP) is 5.74. The van der Waals surface area contributed by atoms with E-state index in [-0.39, 0.29) is 24.8 Å². The number of ether oxygens (including phenoxy) is 4. The molecular formula is C43H49ClN4O9. The summed E-state index contributed by atoms with van der Waals surface area (Å²) in [6.07, 6.45) is 4.52. The maximum Gasteiger partial charge on any atom is 0.337 e. The molecule has 4 aromatic rings. The van der Waals surface area contributed by atoms with Crippen molar-refractivity contribution < 1.29 is 43.9 Å². The maximum atomic E-state index is 11.9. The first-order valence-corrected chi connectivity index (χ1v) is 19.0. The summed E-state index contributed by atoms with van der Waals surface area (Å²) in [5, 5.41) is 42.4. The molecule has 14 heteroatoms. The topological polar surface area (TPSA) is 184 Å². The second-order valence-corrected chi connectivity index (χ2v) is 14.8. The highest BCUT2D eigenvalue weighted by molar-refractivity contribution is 6.32. The van der Waals surface area contributed by atoms with E-state index in [2.05, 4.69) is 33.4 Å². The van der Waals surface area contributed by atoms with E-state index >= 15 is 0 Å². The lowest BCUT2D eigenvalue weighted by molar-refractivity contribution is -0.167. The first-order valence-electron chi connectivity index (χ1n) is 18.7. The molecule has 1 fully saturated rings. The van der Waals surface area contributed by atoms with Crippen LogP contribution >= 0.6 is 11.6 Å². The third kappa shape index (κ3) is 10.6. The van der Waals surface area contributed by atoms with Crippen LogP contribution in [0.2, 0.25) is 5.02 Å². The van der Waals surface area contributed by atoms with Crippen molar-refractivity contribution in [1.82, 2.24) is 15.2 Å². The minimum absolute atomic E-state index is 0.0145. The first kappa shape index (κ1) is 42.9. The van der Waals surface area contributed by atoms with Crippen LogP contribution in [0.1, 0.15) is 59.6 Å². The smallest absolute Gasteiger partial charge is 0.337 e. The van der Waals surface area contributed by atoms with E-state index in [9.17, 15) is 30.2 Å². The van der Waals surface area contributed by atoms with Gasteiger partial charge in [0, 0.05) is 55.8 Å². The van der Waals surface area contributed by atoms with Gasteiger partial charge in [0.05, 0.1) is 30.9 Å². The van der Waals surface area contributed by atoms with Gasteiger partial charge in [-0.15, -0.1) is 0 Å². The van der Waals surface area contributed by atoms with Crippen molar-refractivity contribution in [3.8, 4) is 34.4 Å². The molecule has 302 valence electrons. The van der Waals surface area contributed by atoms with Gasteiger partial charge in [-0.05, 0) is 86.1 Å². The molecule has 4 N–H and O–H groups in total. The Kier molecular flexibility index (Phi) is 14.5. The van der Waals surface area contributed by atoms with Gasteiger partial charge in [0.15, 0.2) is 5.60 Å². The number of hydrogen-bond acceptors (Lipinski definition) is 12. The summed E-state index contributed by atoms with van der Waals surface area (Å²) >= 11 is 6.74. The van der Waals surface area contributed by atoms with Gasteiger partial charge in [0.1, 0.15) is 42.1 Å². The van der Waals surface area contributed by atoms with E-state index in [1.807, 2.05) is 38.1 Å². The van der Waals surface area contributed by atoms with Gasteiger partial charge < -0.3 is 39.2 Å². The molecule has 0 unspecified atom stereocenters. The molecule has 0 radical (unpaired) electrons. The number of carboxylic acids is 1. The van der Waals surface area contributed by atoms with Crippen molar-refractivity contribution in [2.75, 3.05) is 40.0 Å². The number of esters is 1. The van der Waals surface area contributed by atoms with E-state index in [4.69, 9.17) is 30.5 Å². The Labute approximate surface area is 337 Å². The van der Waals surface area contributed by atoms with Crippen molar-refractivity contribution in [3.63, 3.8) is 0 Å². The standard InChI is InChI=1S/C43H49ClN4O9/c1-28-32(8-5-9-34(28)35-10-6-11-37(29(35)2)55-17-7-14-48-15-12-43(53,13-16-48)41(52)54-4)26-57-39-20-38(56-25-31-18-30(21-45)22-46-23-31)33(19-36(39)44)24-47-42(3,27-49)40(50)51/h5-6,8-11,18-20,22-23,47,49,53H,7,12-17,24-27H2,1-4H3,(H,50,51)/t42-/m0/s1. The number of rotatable bonds is 18. The second kappa shape index (κ2) is 19.3. The average Bonchev–Trinajstić information content (AvgIpc) is 3.22. The normalized spacial score (nSPS) is 14.9. The largest absolute Gasteiger partial charge is 0.493 e. The lowest BCUT2D eigenvalue weighted by atomic mass is 9.91. The van der Waals surface area contributed by atoms with Crippen molar-refractivity contribution in [1.29, 1.82) is 5.26 Å². The fourth-order valence-corrected chi connectivity index (χ4v) is 6.84. The molecular weight excluding hydrogens is 752 g/mol. The van der Waals surface area contributed by atoms with Crippen LogP contribution in [0.15, 0.2) is 67.0 Å². The van der Waals surface area contributed by atoms with Gasteiger partial charge in [-0.25, -0.2) is 4.79 Å². The molecule has 1 aliphatic rings. The van der Waals surface area contributed by atoms with Crippen LogP contribution in [-0.4, -0.2) is 88.2 Å². The fraction of sp³-hybridized carbons (Fsp3) is 0.395. The Balaban J connectivity index is 1.27. The van der Waals surface area contributed by atoms with E-state index in [0.29, 0.717) is 60.7 Å². The predicted molar refractivity (Wildman–Crippen MR) is 213 cm³/mol. The SMILES string of the molecule is COC(=O)C1(O)CCN(CCCOc2cccc(-c3cccc(COc4cc(OCc5cncc(C#N)c5)c(CN[C@@](C)(CO)C(=O)O)cc4Cl)c3C)c2C)CC1. The quantitative estimate of drug-likeness (QED) is 0.0707. The number of carboxylic acid groups (broad SMARTS) is 1. The fourth-order valence-electron chi connectivity index (χ4n) is 6.60. The molecule has 5 rings (SSSR count). The minimum atomic E-state index is -1.60. The summed E-state index contributed by atoms with van der Waals surface area (Å²) in [7, 11) is 1.29.